The number of alkyl halides is 3. The van der Waals surface area contributed by atoms with Crippen LogP contribution in [0, 0.1) is 28.6 Å². The zero-order valence-corrected chi connectivity index (χ0v) is 24.0. The highest BCUT2D eigenvalue weighted by Crippen LogP contribution is 2.72. The van der Waals surface area contributed by atoms with Gasteiger partial charge in [0.25, 0.3) is 0 Å². The normalized spacial score (nSPS) is 41.2. The first-order valence-electron chi connectivity index (χ1n) is 13.5. The summed E-state index contributed by atoms with van der Waals surface area (Å²) in [5.74, 6) is -6.58. The number of halogens is 3. The van der Waals surface area contributed by atoms with Gasteiger partial charge in [-0.25, -0.2) is 22.8 Å². The van der Waals surface area contributed by atoms with Crippen molar-refractivity contribution in [3.8, 4) is 0 Å². The van der Waals surface area contributed by atoms with E-state index >= 15 is 8.78 Å². The van der Waals surface area contributed by atoms with Gasteiger partial charge in [0.1, 0.15) is 18.3 Å². The molecule has 0 aromatic rings. The fourth-order valence-corrected chi connectivity index (χ4v) is 8.83. The molecule has 4 aliphatic carbocycles. The molecule has 9 atom stereocenters. The second kappa shape index (κ2) is 10.7. The third kappa shape index (κ3) is 4.47. The van der Waals surface area contributed by atoms with Crippen LogP contribution in [0.3, 0.4) is 0 Å². The fourth-order valence-electron chi connectivity index (χ4n) is 8.04. The Morgan fingerprint density at radius 2 is 1.85 bits per heavy atom. The molecule has 1 N–H and O–H groups in total. The topological polar surface area (TPSA) is 124 Å². The second-order valence-corrected chi connectivity index (χ2v) is 12.6. The van der Waals surface area contributed by atoms with Crippen molar-refractivity contribution < 1.29 is 51.7 Å². The predicted octanol–water partition coefficient (Wildman–Crippen LogP) is 4.62. The summed E-state index contributed by atoms with van der Waals surface area (Å²) < 4.78 is 59.0. The van der Waals surface area contributed by atoms with E-state index in [1.165, 1.54) is 19.9 Å². The summed E-state index contributed by atoms with van der Waals surface area (Å²) in [5.41, 5.74) is -7.71. The Kier molecular flexibility index (Phi) is 8.14. The first-order valence-corrected chi connectivity index (χ1v) is 14.5. The van der Waals surface area contributed by atoms with Crippen molar-refractivity contribution in [2.75, 3.05) is 6.01 Å². The quantitative estimate of drug-likeness (QED) is 0.330. The molecular weight excluding hydrogens is 565 g/mol. The number of carbonyl (C=O) groups excluding carboxylic acids is 4. The van der Waals surface area contributed by atoms with Gasteiger partial charge in [-0.1, -0.05) is 26.8 Å². The summed E-state index contributed by atoms with van der Waals surface area (Å²) in [6, 6.07) is -1.11. The predicted molar refractivity (Wildman–Crippen MR) is 142 cm³/mol. The number of carboxylic acids is 1. The van der Waals surface area contributed by atoms with Crippen LogP contribution < -0.4 is 0 Å². The van der Waals surface area contributed by atoms with Crippen molar-refractivity contribution in [3.05, 3.63) is 36.0 Å². The fraction of sp³-hybridized carbons (Fsp3) is 0.621. The number of esters is 2. The van der Waals surface area contributed by atoms with E-state index in [-0.39, 0.29) is 24.8 Å². The number of ether oxygens (including phenoxy) is 2. The molecule has 3 saturated carbocycles. The Hall–Kier alpha value is -2.89. The largest absolute Gasteiger partial charge is 0.478 e. The molecule has 0 heterocycles. The van der Waals surface area contributed by atoms with Crippen molar-refractivity contribution in [1.29, 1.82) is 0 Å². The molecule has 0 saturated heterocycles. The average Bonchev–Trinajstić information content (AvgIpc) is 3.12. The number of carboxylic acid groups (broad SMARTS) is 1. The lowest BCUT2D eigenvalue weighted by atomic mass is 9.44. The summed E-state index contributed by atoms with van der Waals surface area (Å²) in [5, 5.41) is 8.18. The molecule has 4 aliphatic rings. The molecule has 0 amide bonds. The van der Waals surface area contributed by atoms with Gasteiger partial charge in [0.15, 0.2) is 17.1 Å². The molecule has 0 aromatic carbocycles. The lowest BCUT2D eigenvalue weighted by Gasteiger charge is -2.63. The molecule has 0 aliphatic heterocycles. The van der Waals surface area contributed by atoms with Crippen molar-refractivity contribution in [3.63, 3.8) is 0 Å². The van der Waals surface area contributed by atoms with Crippen LogP contribution in [0.2, 0.25) is 0 Å². The van der Waals surface area contributed by atoms with Gasteiger partial charge in [0.2, 0.25) is 5.12 Å². The molecule has 0 aromatic heterocycles. The summed E-state index contributed by atoms with van der Waals surface area (Å²) in [7, 11) is 0. The lowest BCUT2D eigenvalue weighted by molar-refractivity contribution is -0.235. The van der Waals surface area contributed by atoms with Crippen molar-refractivity contribution in [2.45, 2.75) is 76.9 Å². The third-order valence-electron chi connectivity index (χ3n) is 9.82. The molecule has 0 unspecified atom stereocenters. The minimum Gasteiger partial charge on any atom is -0.478 e. The number of aliphatic carboxylic acids is 1. The molecule has 0 radical (unpaired) electrons. The first-order chi connectivity index (χ1) is 19.1. The Morgan fingerprint density at radius 3 is 2.46 bits per heavy atom. The number of hydrogen-bond acceptors (Lipinski definition) is 8. The van der Waals surface area contributed by atoms with Crippen LogP contribution in [-0.4, -0.2) is 63.5 Å². The van der Waals surface area contributed by atoms with Crippen molar-refractivity contribution in [2.24, 2.45) is 28.6 Å². The Morgan fingerprint density at radius 1 is 1.17 bits per heavy atom. The highest BCUT2D eigenvalue weighted by Gasteiger charge is 2.79. The van der Waals surface area contributed by atoms with Crippen LogP contribution in [0.4, 0.5) is 13.2 Å². The third-order valence-corrected chi connectivity index (χ3v) is 10.5. The van der Waals surface area contributed by atoms with Gasteiger partial charge >= 0.3 is 17.9 Å². The zero-order valence-electron chi connectivity index (χ0n) is 23.2. The number of ketones is 1. The molecule has 0 bridgehead atoms. The van der Waals surface area contributed by atoms with E-state index in [2.05, 4.69) is 0 Å². The van der Waals surface area contributed by atoms with Crippen LogP contribution in [0.1, 0.15) is 53.4 Å². The van der Waals surface area contributed by atoms with E-state index in [0.29, 0.717) is 23.9 Å². The van der Waals surface area contributed by atoms with Gasteiger partial charge < -0.3 is 14.6 Å². The molecule has 3 fully saturated rings. The summed E-state index contributed by atoms with van der Waals surface area (Å²) in [6.45, 7) is 6.18. The van der Waals surface area contributed by atoms with Gasteiger partial charge in [-0.15, -0.1) is 0 Å². The maximum Gasteiger partial charge on any atom is 0.331 e. The monoisotopic (exact) mass is 598 g/mol. The van der Waals surface area contributed by atoms with Crippen molar-refractivity contribution in [1.82, 2.24) is 0 Å². The molecule has 4 rings (SSSR count). The number of rotatable bonds is 7. The van der Waals surface area contributed by atoms with Gasteiger partial charge in [0.05, 0.1) is 0 Å². The van der Waals surface area contributed by atoms with Gasteiger partial charge in [-0.3, -0.25) is 14.4 Å². The van der Waals surface area contributed by atoms with E-state index in [1.807, 2.05) is 0 Å². The lowest BCUT2D eigenvalue weighted by Crippen LogP contribution is -2.71. The minimum absolute atomic E-state index is 0.102. The van der Waals surface area contributed by atoms with E-state index in [4.69, 9.17) is 14.6 Å². The molecule has 8 nitrogen and oxygen atoms in total. The highest BCUT2D eigenvalue weighted by atomic mass is 32.2. The zero-order chi connectivity index (χ0) is 30.5. The first kappa shape index (κ1) is 31.1. The summed E-state index contributed by atoms with van der Waals surface area (Å²) >= 11 is 0.318. The maximum atomic E-state index is 18.1. The number of carbonyl (C=O) groups is 5. The van der Waals surface area contributed by atoms with Crippen LogP contribution >= 0.6 is 11.8 Å². The Balaban J connectivity index is 1.94. The van der Waals surface area contributed by atoms with E-state index in [1.54, 1.807) is 13.8 Å². The SMILES string of the molecule is CCC(=O)O[C@]1(C(=O)SCF)[C@H](C)C[C@H]2[C@@H]3C[C@H](F)C4=CC(=O)C=C[C@]4(C)[C@@]3(F)[C@@H](OC(=O)/C=C\C(=O)O)C[C@@]21C. The summed E-state index contributed by atoms with van der Waals surface area (Å²) in [4.78, 5) is 62.4. The molecule has 12 heteroatoms. The molecule has 41 heavy (non-hydrogen) atoms. The Labute approximate surface area is 239 Å². The average molecular weight is 599 g/mol. The number of allylic oxidation sites excluding steroid dienone is 4. The number of hydrogen-bond donors (Lipinski definition) is 1. The smallest absolute Gasteiger partial charge is 0.331 e. The maximum absolute atomic E-state index is 18.1. The number of thioether (sulfide) groups is 1. The van der Waals surface area contributed by atoms with Crippen LogP contribution in [0.25, 0.3) is 0 Å². The molecule has 224 valence electrons. The summed E-state index contributed by atoms with van der Waals surface area (Å²) in [6.07, 6.45) is 0.393. The van der Waals surface area contributed by atoms with Crippen molar-refractivity contribution >= 4 is 40.6 Å². The van der Waals surface area contributed by atoms with E-state index < -0.39 is 93.4 Å². The molecular formula is C29H33F3O8S. The van der Waals surface area contributed by atoms with Crippen LogP contribution in [-0.2, 0) is 33.4 Å². The molecule has 0 spiro atoms. The highest BCUT2D eigenvalue weighted by molar-refractivity contribution is 8.13. The van der Waals surface area contributed by atoms with Gasteiger partial charge in [-0.2, -0.15) is 0 Å². The van der Waals surface area contributed by atoms with E-state index in [0.717, 1.165) is 12.2 Å². The van der Waals surface area contributed by atoms with Crippen LogP contribution in [0.5, 0.6) is 0 Å². The Bertz CT molecular complexity index is 1260. The number of fused-ring (bicyclic) bond motifs is 5. The minimum atomic E-state index is -2.50. The van der Waals surface area contributed by atoms with Gasteiger partial charge in [0, 0.05) is 41.2 Å². The van der Waals surface area contributed by atoms with Crippen LogP contribution in [0.15, 0.2) is 36.0 Å². The van der Waals surface area contributed by atoms with Gasteiger partial charge in [-0.05, 0) is 61.6 Å². The second-order valence-electron chi connectivity index (χ2n) is 11.7. The standard InChI is InChI=1S/C29H33F3O8S/c1-5-23(36)40-29(25(38)41-14-30)15(2)10-17-18-12-20(31)19-11-16(33)8-9-26(19,3)28(18,32)21(13-27(17,29)4)39-24(37)7-6-22(34)35/h6-9,11,15,17-18,20-21H,5,10,12-14H2,1-4H3,(H,34,35)/b7-6-/t15-,17+,18+,20+,21+,26+,27+,28+,29+/m1/s1. The van der Waals surface area contributed by atoms with E-state index in [9.17, 15) is 28.4 Å².